The number of carboxylic acids is 1. The molecule has 3 aromatic rings. The second kappa shape index (κ2) is 12.6. The highest BCUT2D eigenvalue weighted by Crippen LogP contribution is 2.52. The smallest absolute Gasteiger partial charge is 0.322 e. The highest BCUT2D eigenvalue weighted by molar-refractivity contribution is 7.58. The van der Waals surface area contributed by atoms with Crippen molar-refractivity contribution in [3.05, 3.63) is 96.1 Å². The van der Waals surface area contributed by atoms with E-state index in [0.717, 1.165) is 16.7 Å². The Morgan fingerprint density at radius 1 is 0.882 bits per heavy atom. The number of rotatable bonds is 10. The Kier molecular flexibility index (Phi) is 10.2. The molecule has 0 radical (unpaired) electrons. The molecule has 0 aliphatic rings. The molecular formula is C25H28BrN2O5P. The van der Waals surface area contributed by atoms with Crippen LogP contribution in [-0.2, 0) is 20.6 Å². The number of carboxylic acid groups (broad SMARTS) is 1. The van der Waals surface area contributed by atoms with Crippen LogP contribution in [-0.4, -0.2) is 34.6 Å². The molecule has 3 atom stereocenters. The van der Waals surface area contributed by atoms with Gasteiger partial charge in [-0.15, -0.1) is 0 Å². The molecule has 9 heteroatoms. The van der Waals surface area contributed by atoms with Crippen LogP contribution in [0.5, 0.6) is 0 Å². The van der Waals surface area contributed by atoms with Crippen molar-refractivity contribution >= 4 is 19.2 Å². The lowest BCUT2D eigenvalue weighted by Gasteiger charge is -2.22. The number of hydrogen-bond acceptors (Lipinski definition) is 3. The standard InChI is InChI=1S/C25H27N2O5P.BrH/c26-24(21-9-5-2-6-10-21)33(31,32)17-22(25(30)27-16-23(28)29)15-18-11-13-20(14-12-18)19-7-3-1-4-8-19;/h1-14,22,24H,15-17,26H2,(H,27,30)(H,28,29)(H,31,32);1H/t22-,24+;/m0./s1. The molecule has 34 heavy (non-hydrogen) atoms. The third-order valence-corrected chi connectivity index (χ3v) is 7.72. The highest BCUT2D eigenvalue weighted by Gasteiger charge is 2.37. The molecule has 0 saturated carbocycles. The van der Waals surface area contributed by atoms with Crippen molar-refractivity contribution in [3.63, 3.8) is 0 Å². The number of halogens is 1. The predicted molar refractivity (Wildman–Crippen MR) is 126 cm³/mol. The SMILES string of the molecule is [Br-].[NH3+][C@@H](c1ccccc1)P(=O)(O)C[C@H](Cc1ccc(-c2ccccc2)cc1)C(=O)NCC(=O)O. The maximum Gasteiger partial charge on any atom is 0.322 e. The summed E-state index contributed by atoms with van der Waals surface area (Å²) in [6.45, 7) is -0.551. The van der Waals surface area contributed by atoms with Crippen LogP contribution in [0.3, 0.4) is 0 Å². The van der Waals surface area contributed by atoms with E-state index in [1.807, 2.05) is 54.6 Å². The molecule has 0 aliphatic carbocycles. The van der Waals surface area contributed by atoms with Gasteiger partial charge in [0, 0.05) is 11.7 Å². The van der Waals surface area contributed by atoms with E-state index < -0.39 is 37.5 Å². The maximum absolute atomic E-state index is 13.2. The van der Waals surface area contributed by atoms with Gasteiger partial charge in [-0.1, -0.05) is 84.9 Å². The van der Waals surface area contributed by atoms with E-state index in [9.17, 15) is 19.0 Å². The Morgan fingerprint density at radius 3 is 1.97 bits per heavy atom. The van der Waals surface area contributed by atoms with Gasteiger partial charge in [0.15, 0.2) is 5.78 Å². The molecule has 0 spiro atoms. The molecule has 3 rings (SSSR count). The van der Waals surface area contributed by atoms with Gasteiger partial charge < -0.3 is 38.0 Å². The highest BCUT2D eigenvalue weighted by atomic mass is 79.9. The first kappa shape index (κ1) is 27.5. The van der Waals surface area contributed by atoms with Gasteiger partial charge in [-0.2, -0.15) is 0 Å². The number of hydrogen-bond donors (Lipinski definition) is 4. The number of quaternary nitrogens is 1. The molecule has 180 valence electrons. The van der Waals surface area contributed by atoms with E-state index in [1.165, 1.54) is 0 Å². The van der Waals surface area contributed by atoms with Crippen LogP contribution in [0.15, 0.2) is 84.9 Å². The van der Waals surface area contributed by atoms with Crippen molar-refractivity contribution in [2.45, 2.75) is 12.2 Å². The Bertz CT molecular complexity index is 1130. The topological polar surface area (TPSA) is 131 Å². The Hall–Kier alpha value is -2.77. The fourth-order valence-electron chi connectivity index (χ4n) is 3.65. The average molecular weight is 547 g/mol. The first-order valence-electron chi connectivity index (χ1n) is 10.6. The predicted octanol–water partition coefficient (Wildman–Crippen LogP) is -0.0718. The molecule has 0 fully saturated rings. The van der Waals surface area contributed by atoms with Gasteiger partial charge in [0.05, 0.1) is 5.92 Å². The summed E-state index contributed by atoms with van der Waals surface area (Å²) in [5.41, 5.74) is 7.37. The summed E-state index contributed by atoms with van der Waals surface area (Å²) in [5, 5.41) is 11.3. The van der Waals surface area contributed by atoms with Gasteiger partial charge in [0.2, 0.25) is 5.91 Å². The lowest BCUT2D eigenvalue weighted by molar-refractivity contribution is -0.397. The summed E-state index contributed by atoms with van der Waals surface area (Å²) in [6, 6.07) is 26.2. The van der Waals surface area contributed by atoms with Crippen LogP contribution >= 0.6 is 7.37 Å². The van der Waals surface area contributed by atoms with Gasteiger partial charge >= 0.3 is 5.97 Å². The van der Waals surface area contributed by atoms with E-state index in [4.69, 9.17) is 5.11 Å². The molecule has 3 aromatic carbocycles. The summed E-state index contributed by atoms with van der Waals surface area (Å²) in [7, 11) is -3.88. The quantitative estimate of drug-likeness (QED) is 0.264. The summed E-state index contributed by atoms with van der Waals surface area (Å²) < 4.78 is 13.2. The fourth-order valence-corrected chi connectivity index (χ4v) is 5.47. The average Bonchev–Trinajstić information content (AvgIpc) is 2.83. The molecule has 0 aromatic heterocycles. The van der Waals surface area contributed by atoms with Gasteiger partial charge in [-0.3, -0.25) is 14.2 Å². The summed E-state index contributed by atoms with van der Waals surface area (Å²) in [5.74, 6) is -3.52. The number of aliphatic carboxylic acids is 1. The molecule has 0 heterocycles. The van der Waals surface area contributed by atoms with Crippen LogP contribution in [0.25, 0.3) is 11.1 Å². The third-order valence-electron chi connectivity index (χ3n) is 5.48. The number of amides is 1. The maximum atomic E-state index is 13.2. The van der Waals surface area contributed by atoms with Gasteiger partial charge in [-0.25, -0.2) is 0 Å². The minimum atomic E-state index is -3.88. The van der Waals surface area contributed by atoms with E-state index in [2.05, 4.69) is 11.1 Å². The Balaban J connectivity index is 0.00000408. The van der Waals surface area contributed by atoms with E-state index in [1.54, 1.807) is 30.3 Å². The molecule has 6 N–H and O–H groups in total. The van der Waals surface area contributed by atoms with Crippen molar-refractivity contribution in [1.29, 1.82) is 0 Å². The minimum absolute atomic E-state index is 0. The van der Waals surface area contributed by atoms with Gasteiger partial charge in [0.1, 0.15) is 6.54 Å². The van der Waals surface area contributed by atoms with Gasteiger partial charge in [-0.05, 0) is 23.1 Å². The number of benzene rings is 3. The Labute approximate surface area is 209 Å². The normalized spacial score (nSPS) is 14.2. The molecule has 1 unspecified atom stereocenters. The second-order valence-electron chi connectivity index (χ2n) is 7.94. The number of carbonyl (C=O) groups excluding carboxylic acids is 1. The minimum Gasteiger partial charge on any atom is -1.00 e. The zero-order chi connectivity index (χ0) is 23.8. The summed E-state index contributed by atoms with van der Waals surface area (Å²) in [4.78, 5) is 34.5. The van der Waals surface area contributed by atoms with Crippen molar-refractivity contribution in [2.75, 3.05) is 12.7 Å². The molecule has 7 nitrogen and oxygen atoms in total. The van der Waals surface area contributed by atoms with Crippen LogP contribution in [0, 0.1) is 5.92 Å². The zero-order valence-electron chi connectivity index (χ0n) is 18.5. The summed E-state index contributed by atoms with van der Waals surface area (Å²) in [6.07, 6.45) is -0.103. The first-order chi connectivity index (χ1) is 15.8. The first-order valence-corrected chi connectivity index (χ1v) is 12.5. The largest absolute Gasteiger partial charge is 1.00 e. The van der Waals surface area contributed by atoms with Crippen LogP contribution in [0.4, 0.5) is 0 Å². The number of nitrogens with one attached hydrogen (secondary N) is 1. The van der Waals surface area contributed by atoms with E-state index in [0.29, 0.717) is 5.56 Å². The summed E-state index contributed by atoms with van der Waals surface area (Å²) >= 11 is 0. The fraction of sp³-hybridized carbons (Fsp3) is 0.200. The zero-order valence-corrected chi connectivity index (χ0v) is 21.0. The molecular weight excluding hydrogens is 519 g/mol. The number of carbonyl (C=O) groups is 2. The van der Waals surface area contributed by atoms with Gasteiger partial charge in [0.25, 0.3) is 7.37 Å². The van der Waals surface area contributed by atoms with Crippen LogP contribution in [0.1, 0.15) is 16.9 Å². The molecule has 0 aliphatic heterocycles. The van der Waals surface area contributed by atoms with E-state index in [-0.39, 0.29) is 29.6 Å². The van der Waals surface area contributed by atoms with Crippen molar-refractivity contribution in [2.24, 2.45) is 5.92 Å². The molecule has 1 amide bonds. The monoisotopic (exact) mass is 546 g/mol. The van der Waals surface area contributed by atoms with Crippen molar-refractivity contribution < 1.29 is 46.9 Å². The molecule has 0 saturated heterocycles. The lowest BCUT2D eigenvalue weighted by atomic mass is 9.97. The Morgan fingerprint density at radius 2 is 1.41 bits per heavy atom. The van der Waals surface area contributed by atoms with Crippen LogP contribution < -0.4 is 28.0 Å². The van der Waals surface area contributed by atoms with Crippen molar-refractivity contribution in [1.82, 2.24) is 5.32 Å². The third kappa shape index (κ3) is 7.64. The second-order valence-corrected chi connectivity index (χ2v) is 10.4. The van der Waals surface area contributed by atoms with Crippen molar-refractivity contribution in [3.8, 4) is 11.1 Å². The van der Waals surface area contributed by atoms with E-state index >= 15 is 0 Å². The van der Waals surface area contributed by atoms with Crippen LogP contribution in [0.2, 0.25) is 0 Å². The molecule has 0 bridgehead atoms. The lowest BCUT2D eigenvalue weighted by Crippen LogP contribution is -3.00.